The average molecular weight is 349 g/mol. The Morgan fingerprint density at radius 3 is 2.44 bits per heavy atom. The van der Waals surface area contributed by atoms with Crippen molar-refractivity contribution < 1.29 is 18.7 Å². The highest BCUT2D eigenvalue weighted by Gasteiger charge is 2.38. The van der Waals surface area contributed by atoms with Crippen LogP contribution < -0.4 is 5.32 Å². The topological polar surface area (TPSA) is 61.9 Å². The Hall–Kier alpha value is -2.15. The van der Waals surface area contributed by atoms with Gasteiger partial charge in [-0.15, -0.1) is 0 Å². The van der Waals surface area contributed by atoms with Gasteiger partial charge in [-0.05, 0) is 51.0 Å². The zero-order chi connectivity index (χ0) is 18.0. The molecule has 2 saturated heterocycles. The maximum Gasteiger partial charge on any atom is 0.322 e. The normalized spacial score (nSPS) is 26.6. The largest absolute Gasteiger partial charge is 0.372 e. The summed E-state index contributed by atoms with van der Waals surface area (Å²) in [4.78, 5) is 28.8. The van der Waals surface area contributed by atoms with Crippen LogP contribution in [0.15, 0.2) is 24.3 Å². The van der Waals surface area contributed by atoms with Crippen LogP contribution in [0.4, 0.5) is 14.9 Å². The van der Waals surface area contributed by atoms with Gasteiger partial charge in [0.05, 0.1) is 12.2 Å². The molecule has 0 bridgehead atoms. The molecule has 25 heavy (non-hydrogen) atoms. The van der Waals surface area contributed by atoms with Gasteiger partial charge in [0, 0.05) is 25.3 Å². The summed E-state index contributed by atoms with van der Waals surface area (Å²) >= 11 is 0. The quantitative estimate of drug-likeness (QED) is 0.892. The summed E-state index contributed by atoms with van der Waals surface area (Å²) in [5.41, 5.74) is 0.512. The molecule has 2 fully saturated rings. The molecule has 0 unspecified atom stereocenters. The van der Waals surface area contributed by atoms with Crippen molar-refractivity contribution in [3.8, 4) is 0 Å². The van der Waals surface area contributed by atoms with Crippen LogP contribution in [0.2, 0.25) is 0 Å². The lowest BCUT2D eigenvalue weighted by Crippen LogP contribution is -2.55. The van der Waals surface area contributed by atoms with Crippen molar-refractivity contribution in [3.05, 3.63) is 30.1 Å². The molecule has 1 aromatic carbocycles. The number of benzene rings is 1. The SMILES string of the molecule is C[C@@H]1CN(C(=O)[C@H]2CCCN2C(=O)Nc2ccc(F)cc2)C[C@@H](C)O1. The van der Waals surface area contributed by atoms with Gasteiger partial charge < -0.3 is 19.9 Å². The number of carbonyl (C=O) groups excluding carboxylic acids is 2. The van der Waals surface area contributed by atoms with Crippen molar-refractivity contribution >= 4 is 17.6 Å². The third-order valence-electron chi connectivity index (χ3n) is 4.63. The number of hydrogen-bond acceptors (Lipinski definition) is 3. The first-order chi connectivity index (χ1) is 11.9. The van der Waals surface area contributed by atoms with Crippen molar-refractivity contribution in [2.75, 3.05) is 25.0 Å². The lowest BCUT2D eigenvalue weighted by Gasteiger charge is -2.38. The number of anilines is 1. The van der Waals surface area contributed by atoms with E-state index in [-0.39, 0.29) is 30.0 Å². The summed E-state index contributed by atoms with van der Waals surface area (Å²) < 4.78 is 18.7. The van der Waals surface area contributed by atoms with Crippen LogP contribution in [0.5, 0.6) is 0 Å². The van der Waals surface area contributed by atoms with Crippen LogP contribution in [-0.2, 0) is 9.53 Å². The first kappa shape index (κ1) is 17.7. The molecule has 2 heterocycles. The van der Waals surface area contributed by atoms with Gasteiger partial charge in [-0.25, -0.2) is 9.18 Å². The number of halogens is 1. The molecule has 0 saturated carbocycles. The molecule has 3 amide bonds. The number of carbonyl (C=O) groups is 2. The highest BCUT2D eigenvalue weighted by atomic mass is 19.1. The molecular weight excluding hydrogens is 325 g/mol. The summed E-state index contributed by atoms with van der Waals surface area (Å²) in [6.45, 7) is 5.53. The average Bonchev–Trinajstić information content (AvgIpc) is 3.05. The Balaban J connectivity index is 1.66. The van der Waals surface area contributed by atoms with Gasteiger partial charge in [0.2, 0.25) is 5.91 Å². The zero-order valence-electron chi connectivity index (χ0n) is 14.6. The number of urea groups is 1. The molecule has 0 aliphatic carbocycles. The molecule has 0 radical (unpaired) electrons. The summed E-state index contributed by atoms with van der Waals surface area (Å²) in [5.74, 6) is -0.378. The van der Waals surface area contributed by atoms with E-state index in [1.807, 2.05) is 13.8 Å². The zero-order valence-corrected chi connectivity index (χ0v) is 14.6. The van der Waals surface area contributed by atoms with Crippen LogP contribution in [-0.4, -0.2) is 59.6 Å². The lowest BCUT2D eigenvalue weighted by atomic mass is 10.1. The molecule has 1 aromatic rings. The monoisotopic (exact) mass is 349 g/mol. The third-order valence-corrected chi connectivity index (χ3v) is 4.63. The minimum atomic E-state index is -0.446. The molecule has 6 nitrogen and oxygen atoms in total. The number of morpholine rings is 1. The molecule has 0 spiro atoms. The minimum Gasteiger partial charge on any atom is -0.372 e. The lowest BCUT2D eigenvalue weighted by molar-refractivity contribution is -0.146. The fraction of sp³-hybridized carbons (Fsp3) is 0.556. The second-order valence-electron chi connectivity index (χ2n) is 6.79. The van der Waals surface area contributed by atoms with Crippen molar-refractivity contribution in [2.45, 2.75) is 44.9 Å². The van der Waals surface area contributed by atoms with E-state index in [1.165, 1.54) is 24.3 Å². The Bertz CT molecular complexity index is 627. The summed E-state index contributed by atoms with van der Waals surface area (Å²) in [7, 11) is 0. The maximum absolute atomic E-state index is 13.0. The van der Waals surface area contributed by atoms with E-state index in [2.05, 4.69) is 5.32 Å². The Morgan fingerprint density at radius 1 is 1.16 bits per heavy atom. The predicted molar refractivity (Wildman–Crippen MR) is 91.7 cm³/mol. The number of rotatable bonds is 2. The smallest absolute Gasteiger partial charge is 0.322 e. The second kappa shape index (κ2) is 7.39. The molecule has 3 rings (SSSR count). The fourth-order valence-electron chi connectivity index (χ4n) is 3.56. The Morgan fingerprint density at radius 2 is 1.80 bits per heavy atom. The summed E-state index contributed by atoms with van der Waals surface area (Å²) in [6, 6.07) is 4.82. The van der Waals surface area contributed by atoms with Crippen LogP contribution in [0.3, 0.4) is 0 Å². The fourth-order valence-corrected chi connectivity index (χ4v) is 3.56. The van der Waals surface area contributed by atoms with E-state index < -0.39 is 6.04 Å². The minimum absolute atomic E-state index is 0.00408. The van der Waals surface area contributed by atoms with Crippen LogP contribution in [0, 0.1) is 5.82 Å². The van der Waals surface area contributed by atoms with Gasteiger partial charge in [0.25, 0.3) is 0 Å². The van der Waals surface area contributed by atoms with Crippen LogP contribution in [0.25, 0.3) is 0 Å². The van der Waals surface area contributed by atoms with Gasteiger partial charge in [0.15, 0.2) is 0 Å². The number of hydrogen-bond donors (Lipinski definition) is 1. The van der Waals surface area contributed by atoms with Crippen molar-refractivity contribution in [3.63, 3.8) is 0 Å². The standard InChI is InChI=1S/C18H24FN3O3/c1-12-10-21(11-13(2)25-12)17(23)16-4-3-9-22(16)18(24)20-15-7-5-14(19)6-8-15/h5-8,12-13,16H,3-4,9-11H2,1-2H3,(H,20,24)/t12-,13-,16-/m1/s1. The number of ether oxygens (including phenoxy) is 1. The van der Waals surface area contributed by atoms with E-state index in [0.29, 0.717) is 31.7 Å². The molecule has 2 aliphatic heterocycles. The first-order valence-electron chi connectivity index (χ1n) is 8.71. The first-order valence-corrected chi connectivity index (χ1v) is 8.71. The molecule has 2 aliphatic rings. The summed E-state index contributed by atoms with van der Waals surface area (Å²) in [5, 5.41) is 2.74. The van der Waals surface area contributed by atoms with Gasteiger partial charge >= 0.3 is 6.03 Å². The van der Waals surface area contributed by atoms with Crippen LogP contribution in [0.1, 0.15) is 26.7 Å². The van der Waals surface area contributed by atoms with E-state index in [9.17, 15) is 14.0 Å². The molecule has 3 atom stereocenters. The second-order valence-corrected chi connectivity index (χ2v) is 6.79. The summed E-state index contributed by atoms with van der Waals surface area (Å²) in [6.07, 6.45) is 1.45. The van der Waals surface area contributed by atoms with Crippen molar-refractivity contribution in [2.24, 2.45) is 0 Å². The van der Waals surface area contributed by atoms with Gasteiger partial charge in [0.1, 0.15) is 11.9 Å². The molecule has 1 N–H and O–H groups in total. The highest BCUT2D eigenvalue weighted by Crippen LogP contribution is 2.23. The van der Waals surface area contributed by atoms with Crippen LogP contribution >= 0.6 is 0 Å². The number of nitrogens with zero attached hydrogens (tertiary/aromatic N) is 2. The predicted octanol–water partition coefficient (Wildman–Crippen LogP) is 2.46. The van der Waals surface area contributed by atoms with Gasteiger partial charge in [-0.3, -0.25) is 4.79 Å². The highest BCUT2D eigenvalue weighted by molar-refractivity contribution is 5.94. The molecular formula is C18H24FN3O3. The van der Waals surface area contributed by atoms with Crippen molar-refractivity contribution in [1.82, 2.24) is 9.80 Å². The van der Waals surface area contributed by atoms with Gasteiger partial charge in [-0.1, -0.05) is 0 Å². The van der Waals surface area contributed by atoms with Crippen molar-refractivity contribution in [1.29, 1.82) is 0 Å². The number of nitrogens with one attached hydrogen (secondary N) is 1. The maximum atomic E-state index is 13.0. The third kappa shape index (κ3) is 4.10. The van der Waals surface area contributed by atoms with E-state index in [1.54, 1.807) is 9.80 Å². The molecule has 0 aromatic heterocycles. The van der Waals surface area contributed by atoms with E-state index in [4.69, 9.17) is 4.74 Å². The van der Waals surface area contributed by atoms with Gasteiger partial charge in [-0.2, -0.15) is 0 Å². The van der Waals surface area contributed by atoms with E-state index in [0.717, 1.165) is 6.42 Å². The Labute approximate surface area is 146 Å². The number of amides is 3. The number of likely N-dealkylation sites (tertiary alicyclic amines) is 1. The van der Waals surface area contributed by atoms with E-state index >= 15 is 0 Å². The molecule has 136 valence electrons. The molecule has 7 heteroatoms. The Kier molecular flexibility index (Phi) is 5.22.